The average molecular weight is 649 g/mol. The smallest absolute Gasteiger partial charge is 0.415 e. The first-order valence-electron chi connectivity index (χ1n) is 17.1. The van der Waals surface area contributed by atoms with Gasteiger partial charge in [0.15, 0.2) is 17.3 Å². The third kappa shape index (κ3) is 9.10. The maximum Gasteiger partial charge on any atom is 0.415 e. The molecule has 9 nitrogen and oxygen atoms in total. The van der Waals surface area contributed by atoms with Crippen LogP contribution in [0.3, 0.4) is 0 Å². The number of carbonyl (C=O) groups is 3. The quantitative estimate of drug-likeness (QED) is 0.288. The summed E-state index contributed by atoms with van der Waals surface area (Å²) in [6, 6.07) is 10.4. The van der Waals surface area contributed by atoms with Crippen molar-refractivity contribution in [2.24, 2.45) is 5.92 Å². The van der Waals surface area contributed by atoms with E-state index >= 15 is 0 Å². The van der Waals surface area contributed by atoms with E-state index in [9.17, 15) is 14.4 Å². The van der Waals surface area contributed by atoms with Crippen molar-refractivity contribution in [3.63, 3.8) is 0 Å². The van der Waals surface area contributed by atoms with Crippen LogP contribution in [0.1, 0.15) is 87.5 Å². The zero-order valence-electron chi connectivity index (χ0n) is 27.1. The Bertz CT molecular complexity index is 1330. The lowest BCUT2D eigenvalue weighted by Gasteiger charge is -2.42. The molecule has 1 aliphatic heterocycles. The number of methoxy groups -OCH3 is 1. The molecule has 46 heavy (non-hydrogen) atoms. The molecule has 248 valence electrons. The molecule has 1 aromatic heterocycles. The number of amides is 2. The Labute approximate surface area is 277 Å². The van der Waals surface area contributed by atoms with E-state index in [2.05, 4.69) is 11.4 Å². The van der Waals surface area contributed by atoms with Crippen LogP contribution in [0.2, 0.25) is 0 Å². The summed E-state index contributed by atoms with van der Waals surface area (Å²) in [6.07, 6.45) is 13.1. The number of hydrogen-bond donors (Lipinski definition) is 1. The molecule has 0 unspecified atom stereocenters. The van der Waals surface area contributed by atoms with Gasteiger partial charge in [-0.2, -0.15) is 5.26 Å². The Morgan fingerprint density at radius 1 is 1.02 bits per heavy atom. The number of ether oxygens (including phenoxy) is 2. The molecule has 2 heterocycles. The van der Waals surface area contributed by atoms with Gasteiger partial charge in [-0.15, -0.1) is 11.3 Å². The van der Waals surface area contributed by atoms with Gasteiger partial charge in [0, 0.05) is 30.4 Å². The zero-order valence-corrected chi connectivity index (χ0v) is 27.9. The fourth-order valence-electron chi connectivity index (χ4n) is 7.26. The number of hydrogen-bond acceptors (Lipinski definition) is 8. The molecule has 1 saturated heterocycles. The highest BCUT2D eigenvalue weighted by molar-refractivity contribution is 7.09. The van der Waals surface area contributed by atoms with Gasteiger partial charge in [0.25, 0.3) is 0 Å². The summed E-state index contributed by atoms with van der Waals surface area (Å²) in [5, 5.41) is 14.8. The highest BCUT2D eigenvalue weighted by Gasteiger charge is 2.40. The van der Waals surface area contributed by atoms with Crippen LogP contribution < -0.4 is 14.8 Å². The van der Waals surface area contributed by atoms with Crippen LogP contribution in [0.25, 0.3) is 0 Å². The average Bonchev–Trinajstić information content (AvgIpc) is 3.62. The first-order valence-corrected chi connectivity index (χ1v) is 18.0. The van der Waals surface area contributed by atoms with Crippen molar-refractivity contribution in [2.45, 2.75) is 108 Å². The van der Waals surface area contributed by atoms with E-state index in [0.29, 0.717) is 30.6 Å². The molecule has 3 fully saturated rings. The molecule has 2 saturated carbocycles. The predicted molar refractivity (Wildman–Crippen MR) is 178 cm³/mol. The largest absolute Gasteiger partial charge is 0.493 e. The Kier molecular flexibility index (Phi) is 12.5. The van der Waals surface area contributed by atoms with Gasteiger partial charge < -0.3 is 24.6 Å². The van der Waals surface area contributed by atoms with Crippen LogP contribution in [0, 0.1) is 17.2 Å². The summed E-state index contributed by atoms with van der Waals surface area (Å²) in [4.78, 5) is 46.3. The summed E-state index contributed by atoms with van der Waals surface area (Å²) < 4.78 is 11.2. The fourth-order valence-corrected chi connectivity index (χ4v) is 7.97. The summed E-state index contributed by atoms with van der Waals surface area (Å²) in [5.74, 6) is 1.08. The lowest BCUT2D eigenvalue weighted by molar-refractivity contribution is -0.145. The summed E-state index contributed by atoms with van der Waals surface area (Å²) in [6.45, 7) is 0.630. The van der Waals surface area contributed by atoms with Crippen molar-refractivity contribution >= 4 is 29.1 Å². The molecule has 2 atom stereocenters. The number of benzene rings is 1. The monoisotopic (exact) mass is 648 g/mol. The number of carbonyl (C=O) groups excluding carboxylic acids is 3. The predicted octanol–water partition coefficient (Wildman–Crippen LogP) is 6.30. The number of aryl methyl sites for hydroxylation is 1. The first kappa shape index (κ1) is 33.9. The number of Topliss-reactive ketones (excluding diaryl/α,β-unsaturated/α-hetero) is 1. The van der Waals surface area contributed by atoms with Crippen LogP contribution in [-0.2, 0) is 22.4 Å². The van der Waals surface area contributed by atoms with Gasteiger partial charge in [0.2, 0.25) is 5.91 Å². The second kappa shape index (κ2) is 16.9. The third-order valence-corrected chi connectivity index (χ3v) is 10.8. The summed E-state index contributed by atoms with van der Waals surface area (Å²) in [7, 11) is 1.49. The molecule has 10 heteroatoms. The number of thiophene rings is 1. The molecule has 3 aliphatic rings. The Morgan fingerprint density at radius 3 is 2.48 bits per heavy atom. The number of nitrogens with one attached hydrogen (secondary N) is 1. The van der Waals surface area contributed by atoms with E-state index < -0.39 is 12.1 Å². The Hall–Kier alpha value is -3.42. The second-order valence-corrected chi connectivity index (χ2v) is 14.1. The van der Waals surface area contributed by atoms with Gasteiger partial charge in [0.05, 0.1) is 32.2 Å². The van der Waals surface area contributed by atoms with Crippen molar-refractivity contribution < 1.29 is 23.9 Å². The molecule has 0 spiro atoms. The lowest BCUT2D eigenvalue weighted by atomic mass is 9.83. The molecular formula is C36H48N4O5S. The minimum Gasteiger partial charge on any atom is -0.493 e. The molecule has 1 aromatic carbocycles. The van der Waals surface area contributed by atoms with Crippen molar-refractivity contribution in [1.82, 2.24) is 15.1 Å². The number of nitriles is 1. The maximum absolute atomic E-state index is 14.5. The SMILES string of the molecule is COc1cc(CC#N)ccc1OC(=O)N1CCN(C(=O)[C@@H](CC2CCCCC2)NC2CCCCC2)[C@H](C(=O)CCc2cccs2)C1. The maximum atomic E-state index is 14.5. The fraction of sp³-hybridized carbons (Fsp3) is 0.611. The van der Waals surface area contributed by atoms with E-state index in [1.807, 2.05) is 17.5 Å². The Balaban J connectivity index is 1.33. The topological polar surface area (TPSA) is 112 Å². The van der Waals surface area contributed by atoms with Crippen LogP contribution in [0.4, 0.5) is 4.79 Å². The molecular weight excluding hydrogens is 600 g/mol. The molecule has 2 amide bonds. The van der Waals surface area contributed by atoms with Gasteiger partial charge >= 0.3 is 6.09 Å². The minimum atomic E-state index is -0.740. The Morgan fingerprint density at radius 2 is 1.78 bits per heavy atom. The molecule has 0 radical (unpaired) electrons. The van der Waals surface area contributed by atoms with Crippen molar-refractivity contribution in [3.8, 4) is 17.6 Å². The summed E-state index contributed by atoms with van der Waals surface area (Å²) >= 11 is 1.62. The van der Waals surface area contributed by atoms with E-state index in [0.717, 1.165) is 42.5 Å². The molecule has 0 bridgehead atoms. The van der Waals surface area contributed by atoms with Gasteiger partial charge in [-0.3, -0.25) is 9.59 Å². The second-order valence-electron chi connectivity index (χ2n) is 13.0. The van der Waals surface area contributed by atoms with Crippen LogP contribution in [-0.4, -0.2) is 72.5 Å². The van der Waals surface area contributed by atoms with Gasteiger partial charge in [-0.25, -0.2) is 4.79 Å². The lowest BCUT2D eigenvalue weighted by Crippen LogP contribution is -2.63. The van der Waals surface area contributed by atoms with Crippen molar-refractivity contribution in [1.29, 1.82) is 5.26 Å². The highest BCUT2D eigenvalue weighted by Crippen LogP contribution is 2.31. The summed E-state index contributed by atoms with van der Waals surface area (Å²) in [5.41, 5.74) is 0.757. The molecule has 5 rings (SSSR count). The van der Waals surface area contributed by atoms with E-state index in [1.165, 1.54) is 50.5 Å². The van der Waals surface area contributed by atoms with Crippen LogP contribution in [0.5, 0.6) is 11.5 Å². The normalized spacial score (nSPS) is 20.1. The molecule has 2 aromatic rings. The van der Waals surface area contributed by atoms with E-state index in [-0.39, 0.29) is 49.5 Å². The number of ketones is 1. The van der Waals surface area contributed by atoms with Crippen LogP contribution in [0.15, 0.2) is 35.7 Å². The van der Waals surface area contributed by atoms with Gasteiger partial charge in [-0.1, -0.05) is 63.5 Å². The highest BCUT2D eigenvalue weighted by atomic mass is 32.1. The van der Waals surface area contributed by atoms with Crippen LogP contribution >= 0.6 is 11.3 Å². The first-order chi connectivity index (χ1) is 22.4. The third-order valence-electron chi connectivity index (χ3n) is 9.83. The number of nitrogens with zero attached hydrogens (tertiary/aromatic N) is 3. The zero-order chi connectivity index (χ0) is 32.3. The molecule has 1 N–H and O–H groups in total. The molecule has 2 aliphatic carbocycles. The van der Waals surface area contributed by atoms with Gasteiger partial charge in [0.1, 0.15) is 6.04 Å². The minimum absolute atomic E-state index is 0.00612. The van der Waals surface area contributed by atoms with Gasteiger partial charge in [-0.05, 0) is 60.7 Å². The standard InChI is InChI=1S/C36H48N4O5S/c1-44-34-24-27(18-19-37)14-17-33(34)45-36(43)39-20-21-40(31(25-39)32(41)16-15-29-13-8-22-46-29)35(42)30(23-26-9-4-2-5-10-26)38-28-11-6-3-7-12-28/h8,13-14,17,22,24,26,28,30-31,38H,2-7,9-12,15-16,18,20-21,23,25H2,1H3/t30-,31+/m1/s1. The van der Waals surface area contributed by atoms with Crippen molar-refractivity contribution in [2.75, 3.05) is 26.7 Å². The van der Waals surface area contributed by atoms with Crippen molar-refractivity contribution in [3.05, 3.63) is 46.2 Å². The van der Waals surface area contributed by atoms with E-state index in [4.69, 9.17) is 14.7 Å². The number of rotatable bonds is 12. The van der Waals surface area contributed by atoms with E-state index in [1.54, 1.807) is 34.4 Å². The number of piperazine rings is 1.